The fraction of sp³-hybridized carbons (Fsp3) is 0.667. The number of nitrogens with zero attached hydrogens (tertiary/aromatic N) is 5. The molecular formula is C24H37N5. The molecule has 5 heteroatoms. The second-order valence-electron chi connectivity index (χ2n) is 9.01. The van der Waals surface area contributed by atoms with Crippen LogP contribution in [0.2, 0.25) is 0 Å². The van der Waals surface area contributed by atoms with E-state index in [2.05, 4.69) is 38.2 Å². The van der Waals surface area contributed by atoms with Crippen molar-refractivity contribution in [2.24, 2.45) is 5.92 Å². The second-order valence-corrected chi connectivity index (χ2v) is 9.01. The van der Waals surface area contributed by atoms with Gasteiger partial charge in [0.15, 0.2) is 0 Å². The summed E-state index contributed by atoms with van der Waals surface area (Å²) in [4.78, 5) is 9.82. The maximum absolute atomic E-state index is 4.36. The summed E-state index contributed by atoms with van der Waals surface area (Å²) in [6, 6.07) is 7.14. The summed E-state index contributed by atoms with van der Waals surface area (Å²) in [7, 11) is 0. The van der Waals surface area contributed by atoms with Crippen molar-refractivity contribution >= 4 is 0 Å². The molecule has 1 atom stereocenters. The van der Waals surface area contributed by atoms with Gasteiger partial charge < -0.3 is 4.90 Å². The van der Waals surface area contributed by atoms with Gasteiger partial charge in [-0.2, -0.15) is 5.10 Å². The molecule has 1 aliphatic carbocycles. The quantitative estimate of drug-likeness (QED) is 0.637. The van der Waals surface area contributed by atoms with Gasteiger partial charge in [0.2, 0.25) is 0 Å². The SMILES string of the molecule is c1cncc(CN(CCCn2cccn2)CC2CCCN(C3CCCCC3)C2)c1. The number of hydrogen-bond acceptors (Lipinski definition) is 4. The molecule has 0 bridgehead atoms. The monoisotopic (exact) mass is 395 g/mol. The Morgan fingerprint density at radius 2 is 1.97 bits per heavy atom. The molecule has 1 aliphatic heterocycles. The Morgan fingerprint density at radius 3 is 2.76 bits per heavy atom. The third-order valence-corrected chi connectivity index (χ3v) is 6.71. The first-order chi connectivity index (χ1) is 14.4. The number of rotatable bonds is 9. The molecular weight excluding hydrogens is 358 g/mol. The molecule has 3 heterocycles. The molecule has 4 rings (SSSR count). The third kappa shape index (κ3) is 6.38. The average molecular weight is 396 g/mol. The van der Waals surface area contributed by atoms with E-state index in [1.165, 1.54) is 70.1 Å². The van der Waals surface area contributed by atoms with Gasteiger partial charge in [-0.3, -0.25) is 14.6 Å². The maximum atomic E-state index is 4.36. The molecule has 5 nitrogen and oxygen atoms in total. The van der Waals surface area contributed by atoms with Crippen molar-refractivity contribution in [1.29, 1.82) is 0 Å². The molecule has 2 aliphatic rings. The third-order valence-electron chi connectivity index (χ3n) is 6.71. The lowest BCUT2D eigenvalue weighted by Gasteiger charge is -2.41. The fourth-order valence-corrected chi connectivity index (χ4v) is 5.26. The Kier molecular flexibility index (Phi) is 7.71. The van der Waals surface area contributed by atoms with Gasteiger partial charge in [0, 0.05) is 63.6 Å². The number of pyridine rings is 1. The number of aromatic nitrogens is 3. The molecule has 1 saturated heterocycles. The van der Waals surface area contributed by atoms with Gasteiger partial charge in [-0.15, -0.1) is 0 Å². The van der Waals surface area contributed by atoms with Gasteiger partial charge in [0.1, 0.15) is 0 Å². The van der Waals surface area contributed by atoms with Crippen LogP contribution in [0.25, 0.3) is 0 Å². The van der Waals surface area contributed by atoms with E-state index in [9.17, 15) is 0 Å². The molecule has 158 valence electrons. The van der Waals surface area contributed by atoms with Crippen LogP contribution in [-0.2, 0) is 13.1 Å². The van der Waals surface area contributed by atoms with Gasteiger partial charge >= 0.3 is 0 Å². The maximum Gasteiger partial charge on any atom is 0.0489 e. The first-order valence-corrected chi connectivity index (χ1v) is 11.7. The molecule has 0 amide bonds. The van der Waals surface area contributed by atoms with Crippen LogP contribution in [0.3, 0.4) is 0 Å². The topological polar surface area (TPSA) is 37.2 Å². The summed E-state index contributed by atoms with van der Waals surface area (Å²) >= 11 is 0. The molecule has 2 fully saturated rings. The standard InChI is InChI=1S/C24H37N5/c1-2-10-24(11-3-1)28-15-5-9-23(21-28)20-27(19-22-8-4-12-25-18-22)14-7-17-29-16-6-13-26-29/h4,6,8,12-13,16,18,23-24H,1-3,5,7,9-11,14-15,17,19-21H2. The van der Waals surface area contributed by atoms with Crippen molar-refractivity contribution in [1.82, 2.24) is 24.6 Å². The number of piperidine rings is 1. The largest absolute Gasteiger partial charge is 0.300 e. The first kappa shape index (κ1) is 20.5. The number of hydrogen-bond donors (Lipinski definition) is 0. The summed E-state index contributed by atoms with van der Waals surface area (Å²) in [5, 5.41) is 4.36. The highest BCUT2D eigenvalue weighted by molar-refractivity contribution is 5.08. The summed E-state index contributed by atoms with van der Waals surface area (Å²) in [6.07, 6.45) is 18.9. The summed E-state index contributed by atoms with van der Waals surface area (Å²) in [5.74, 6) is 0.798. The first-order valence-electron chi connectivity index (χ1n) is 11.7. The summed E-state index contributed by atoms with van der Waals surface area (Å²) in [5.41, 5.74) is 1.33. The van der Waals surface area contributed by atoms with Crippen molar-refractivity contribution in [3.05, 3.63) is 48.5 Å². The van der Waals surface area contributed by atoms with E-state index in [0.29, 0.717) is 0 Å². The van der Waals surface area contributed by atoms with Gasteiger partial charge in [0.25, 0.3) is 0 Å². The molecule has 0 N–H and O–H groups in total. The van der Waals surface area contributed by atoms with E-state index >= 15 is 0 Å². The Hall–Kier alpha value is -1.72. The van der Waals surface area contributed by atoms with Gasteiger partial charge in [-0.05, 0) is 62.3 Å². The highest BCUT2D eigenvalue weighted by Gasteiger charge is 2.27. The minimum atomic E-state index is 0.798. The predicted octanol–water partition coefficient (Wildman–Crippen LogP) is 4.22. The molecule has 0 aromatic carbocycles. The van der Waals surface area contributed by atoms with E-state index in [1.54, 1.807) is 0 Å². The van der Waals surface area contributed by atoms with Crippen LogP contribution in [-0.4, -0.2) is 56.8 Å². The van der Waals surface area contributed by atoms with Crippen LogP contribution in [0.4, 0.5) is 0 Å². The van der Waals surface area contributed by atoms with Crippen LogP contribution in [0.5, 0.6) is 0 Å². The summed E-state index contributed by atoms with van der Waals surface area (Å²) < 4.78 is 2.05. The van der Waals surface area contributed by atoms with Crippen molar-refractivity contribution in [3.8, 4) is 0 Å². The van der Waals surface area contributed by atoms with Crippen molar-refractivity contribution in [2.75, 3.05) is 26.2 Å². The van der Waals surface area contributed by atoms with E-state index in [-0.39, 0.29) is 0 Å². The molecule has 0 spiro atoms. The lowest BCUT2D eigenvalue weighted by Crippen LogP contribution is -2.46. The minimum Gasteiger partial charge on any atom is -0.300 e. The Morgan fingerprint density at radius 1 is 1.03 bits per heavy atom. The Bertz CT molecular complexity index is 681. The van der Waals surface area contributed by atoms with E-state index < -0.39 is 0 Å². The smallest absolute Gasteiger partial charge is 0.0489 e. The minimum absolute atomic E-state index is 0.798. The van der Waals surface area contributed by atoms with E-state index in [1.807, 2.05) is 29.3 Å². The lowest BCUT2D eigenvalue weighted by molar-refractivity contribution is 0.0781. The van der Waals surface area contributed by atoms with Crippen LogP contribution >= 0.6 is 0 Å². The average Bonchev–Trinajstić information content (AvgIpc) is 3.29. The number of likely N-dealkylation sites (tertiary alicyclic amines) is 1. The number of aryl methyl sites for hydroxylation is 1. The van der Waals surface area contributed by atoms with Crippen LogP contribution < -0.4 is 0 Å². The zero-order chi connectivity index (χ0) is 19.7. The van der Waals surface area contributed by atoms with Crippen molar-refractivity contribution in [2.45, 2.75) is 70.5 Å². The van der Waals surface area contributed by atoms with Crippen LogP contribution in [0.1, 0.15) is 56.9 Å². The van der Waals surface area contributed by atoms with Crippen molar-refractivity contribution < 1.29 is 0 Å². The molecule has 29 heavy (non-hydrogen) atoms. The lowest BCUT2D eigenvalue weighted by atomic mass is 9.90. The van der Waals surface area contributed by atoms with Crippen LogP contribution in [0, 0.1) is 5.92 Å². The molecule has 2 aromatic rings. The summed E-state index contributed by atoms with van der Waals surface area (Å²) in [6.45, 7) is 6.95. The van der Waals surface area contributed by atoms with Gasteiger partial charge in [-0.25, -0.2) is 0 Å². The fourth-order valence-electron chi connectivity index (χ4n) is 5.26. The second kappa shape index (κ2) is 10.9. The molecule has 1 saturated carbocycles. The predicted molar refractivity (Wildman–Crippen MR) is 118 cm³/mol. The van der Waals surface area contributed by atoms with Crippen molar-refractivity contribution in [3.63, 3.8) is 0 Å². The van der Waals surface area contributed by atoms with E-state index in [4.69, 9.17) is 0 Å². The zero-order valence-corrected chi connectivity index (χ0v) is 17.8. The molecule has 0 radical (unpaired) electrons. The molecule has 2 aromatic heterocycles. The molecule has 1 unspecified atom stereocenters. The van der Waals surface area contributed by atoms with E-state index in [0.717, 1.165) is 38.0 Å². The van der Waals surface area contributed by atoms with Crippen LogP contribution in [0.15, 0.2) is 43.0 Å². The Balaban J connectivity index is 1.32. The van der Waals surface area contributed by atoms with Gasteiger partial charge in [-0.1, -0.05) is 25.3 Å². The Labute approximate surface area is 176 Å². The normalized spacial score (nSPS) is 21.6. The highest BCUT2D eigenvalue weighted by atomic mass is 15.3. The highest BCUT2D eigenvalue weighted by Crippen LogP contribution is 2.27. The zero-order valence-electron chi connectivity index (χ0n) is 17.8. The van der Waals surface area contributed by atoms with Gasteiger partial charge in [0.05, 0.1) is 0 Å².